The molecular formula is C22H26N4O3. The van der Waals surface area contributed by atoms with Crippen molar-refractivity contribution in [3.8, 4) is 5.69 Å². The Balaban J connectivity index is 1.30. The Morgan fingerprint density at radius 2 is 1.69 bits per heavy atom. The lowest BCUT2D eigenvalue weighted by atomic mass is 10.1. The van der Waals surface area contributed by atoms with Crippen LogP contribution in [0.5, 0.6) is 0 Å². The predicted octanol–water partition coefficient (Wildman–Crippen LogP) is 2.21. The van der Waals surface area contributed by atoms with Crippen LogP contribution in [0.1, 0.15) is 47.7 Å². The molecule has 3 fully saturated rings. The van der Waals surface area contributed by atoms with Crippen LogP contribution in [-0.2, 0) is 9.53 Å². The van der Waals surface area contributed by atoms with Gasteiger partial charge in [-0.05, 0) is 37.8 Å². The molecule has 2 amide bonds. The zero-order chi connectivity index (χ0) is 19.8. The van der Waals surface area contributed by atoms with E-state index in [2.05, 4.69) is 5.10 Å². The van der Waals surface area contributed by atoms with Crippen LogP contribution in [-0.4, -0.2) is 70.3 Å². The summed E-state index contributed by atoms with van der Waals surface area (Å²) in [5.74, 6) is 0.502. The first-order valence-corrected chi connectivity index (χ1v) is 10.6. The van der Waals surface area contributed by atoms with Gasteiger partial charge in [-0.25, -0.2) is 4.68 Å². The molecule has 2 aromatic rings. The van der Waals surface area contributed by atoms with E-state index in [-0.39, 0.29) is 17.9 Å². The van der Waals surface area contributed by atoms with E-state index in [9.17, 15) is 9.59 Å². The summed E-state index contributed by atoms with van der Waals surface area (Å²) < 4.78 is 7.44. The van der Waals surface area contributed by atoms with Crippen LogP contribution in [0, 0.1) is 0 Å². The van der Waals surface area contributed by atoms with Crippen molar-refractivity contribution in [1.29, 1.82) is 0 Å². The lowest BCUT2D eigenvalue weighted by Crippen LogP contribution is -2.52. The van der Waals surface area contributed by atoms with Crippen LogP contribution in [0.25, 0.3) is 5.69 Å². The van der Waals surface area contributed by atoms with E-state index < -0.39 is 0 Å². The molecule has 2 aliphatic heterocycles. The number of hydrogen-bond donors (Lipinski definition) is 0. The van der Waals surface area contributed by atoms with Crippen molar-refractivity contribution in [3.05, 3.63) is 47.8 Å². The molecule has 0 radical (unpaired) electrons. The van der Waals surface area contributed by atoms with Crippen LogP contribution in [0.3, 0.4) is 0 Å². The SMILES string of the molecule is O=C(c1cnn(-c2ccccc2)c1C1CC1)N1CCN(C(=O)C2CCCO2)CC1. The first-order chi connectivity index (χ1) is 14.2. The van der Waals surface area contributed by atoms with Crippen LogP contribution in [0.4, 0.5) is 0 Å². The standard InChI is InChI=1S/C22H26N4O3/c27-21(24-10-12-25(13-11-24)22(28)19-7-4-14-29-19)18-15-23-26(20(18)16-8-9-16)17-5-2-1-3-6-17/h1-3,5-6,15-16,19H,4,7-14H2. The molecule has 3 heterocycles. The Labute approximate surface area is 170 Å². The number of carbonyl (C=O) groups excluding carboxylic acids is 2. The van der Waals surface area contributed by atoms with Crippen LogP contribution in [0.2, 0.25) is 0 Å². The number of para-hydroxylation sites is 1. The number of rotatable bonds is 4. The molecule has 0 N–H and O–H groups in total. The molecule has 0 bridgehead atoms. The Morgan fingerprint density at radius 3 is 2.34 bits per heavy atom. The smallest absolute Gasteiger partial charge is 0.257 e. The zero-order valence-electron chi connectivity index (χ0n) is 16.5. The normalized spacial score (nSPS) is 22.1. The second kappa shape index (κ2) is 7.63. The molecular weight excluding hydrogens is 368 g/mol. The van der Waals surface area contributed by atoms with Gasteiger partial charge in [0.2, 0.25) is 0 Å². The van der Waals surface area contributed by atoms with E-state index in [1.165, 1.54) is 0 Å². The predicted molar refractivity (Wildman–Crippen MR) is 107 cm³/mol. The van der Waals surface area contributed by atoms with Gasteiger partial charge >= 0.3 is 0 Å². The molecule has 1 atom stereocenters. The van der Waals surface area contributed by atoms with Crippen molar-refractivity contribution in [1.82, 2.24) is 19.6 Å². The van der Waals surface area contributed by atoms with Crippen molar-refractivity contribution in [3.63, 3.8) is 0 Å². The van der Waals surface area contributed by atoms with Crippen molar-refractivity contribution in [2.24, 2.45) is 0 Å². The Bertz CT molecular complexity index is 892. The maximum Gasteiger partial charge on any atom is 0.257 e. The van der Waals surface area contributed by atoms with E-state index in [0.29, 0.717) is 44.3 Å². The molecule has 5 rings (SSSR count). The third kappa shape index (κ3) is 3.55. The fourth-order valence-corrected chi connectivity index (χ4v) is 4.32. The number of hydrogen-bond acceptors (Lipinski definition) is 4. The van der Waals surface area contributed by atoms with Gasteiger partial charge in [0.05, 0.1) is 23.1 Å². The second-order valence-corrected chi connectivity index (χ2v) is 8.08. The molecule has 2 saturated heterocycles. The quantitative estimate of drug-likeness (QED) is 0.797. The minimum absolute atomic E-state index is 0.0262. The van der Waals surface area contributed by atoms with Crippen molar-refractivity contribution < 1.29 is 14.3 Å². The van der Waals surface area contributed by atoms with Gasteiger partial charge in [0.1, 0.15) is 6.10 Å². The van der Waals surface area contributed by atoms with E-state index in [4.69, 9.17) is 4.74 Å². The first-order valence-electron chi connectivity index (χ1n) is 10.6. The molecule has 1 aromatic carbocycles. The maximum atomic E-state index is 13.3. The highest BCUT2D eigenvalue weighted by atomic mass is 16.5. The van der Waals surface area contributed by atoms with Crippen molar-refractivity contribution in [2.45, 2.75) is 37.7 Å². The molecule has 7 heteroatoms. The van der Waals surface area contributed by atoms with Gasteiger partial charge in [-0.15, -0.1) is 0 Å². The van der Waals surface area contributed by atoms with E-state index >= 15 is 0 Å². The van der Waals surface area contributed by atoms with Gasteiger partial charge in [0.25, 0.3) is 11.8 Å². The summed E-state index contributed by atoms with van der Waals surface area (Å²) in [6.45, 7) is 2.91. The fraction of sp³-hybridized carbons (Fsp3) is 0.500. The highest BCUT2D eigenvalue weighted by Crippen LogP contribution is 2.42. The highest BCUT2D eigenvalue weighted by Gasteiger charge is 2.36. The number of benzene rings is 1. The number of ether oxygens (including phenoxy) is 1. The molecule has 1 aromatic heterocycles. The van der Waals surface area contributed by atoms with Gasteiger partial charge in [-0.3, -0.25) is 9.59 Å². The number of amides is 2. The summed E-state index contributed by atoms with van der Waals surface area (Å²) in [5.41, 5.74) is 2.72. The Hall–Kier alpha value is -2.67. The summed E-state index contributed by atoms with van der Waals surface area (Å²) in [6.07, 6.45) is 5.38. The average Bonchev–Trinajstić information content (AvgIpc) is 3.28. The number of nitrogens with zero attached hydrogens (tertiary/aromatic N) is 4. The van der Waals surface area contributed by atoms with Gasteiger partial charge in [-0.1, -0.05) is 18.2 Å². The lowest BCUT2D eigenvalue weighted by Gasteiger charge is -2.35. The van der Waals surface area contributed by atoms with Gasteiger partial charge in [0, 0.05) is 38.7 Å². The summed E-state index contributed by atoms with van der Waals surface area (Å²) >= 11 is 0. The van der Waals surface area contributed by atoms with Crippen molar-refractivity contribution >= 4 is 11.8 Å². The number of aromatic nitrogens is 2. The summed E-state index contributed by atoms with van der Waals surface area (Å²) in [7, 11) is 0. The minimum Gasteiger partial charge on any atom is -0.368 e. The monoisotopic (exact) mass is 394 g/mol. The number of piperazine rings is 1. The van der Waals surface area contributed by atoms with E-state index in [1.54, 1.807) is 6.20 Å². The van der Waals surface area contributed by atoms with Crippen molar-refractivity contribution in [2.75, 3.05) is 32.8 Å². The van der Waals surface area contributed by atoms with E-state index in [0.717, 1.165) is 37.1 Å². The highest BCUT2D eigenvalue weighted by molar-refractivity contribution is 5.96. The minimum atomic E-state index is -0.289. The van der Waals surface area contributed by atoms with Gasteiger partial charge in [-0.2, -0.15) is 5.10 Å². The average molecular weight is 394 g/mol. The molecule has 7 nitrogen and oxygen atoms in total. The fourth-order valence-electron chi connectivity index (χ4n) is 4.32. The summed E-state index contributed by atoms with van der Waals surface area (Å²) in [4.78, 5) is 29.5. The maximum absolute atomic E-state index is 13.3. The van der Waals surface area contributed by atoms with E-state index in [1.807, 2.05) is 44.8 Å². The number of carbonyl (C=O) groups is 2. The summed E-state index contributed by atoms with van der Waals surface area (Å²) in [6, 6.07) is 9.98. The van der Waals surface area contributed by atoms with Crippen LogP contribution in [0.15, 0.2) is 36.5 Å². The molecule has 1 unspecified atom stereocenters. The topological polar surface area (TPSA) is 67.7 Å². The Morgan fingerprint density at radius 1 is 0.966 bits per heavy atom. The lowest BCUT2D eigenvalue weighted by molar-refractivity contribution is -0.142. The zero-order valence-corrected chi connectivity index (χ0v) is 16.5. The molecule has 152 valence electrons. The molecule has 3 aliphatic rings. The molecule has 1 saturated carbocycles. The van der Waals surface area contributed by atoms with Crippen LogP contribution < -0.4 is 0 Å². The Kier molecular flexibility index (Phi) is 4.83. The third-order valence-corrected chi connectivity index (χ3v) is 6.09. The summed E-state index contributed by atoms with van der Waals surface area (Å²) in [5, 5.41) is 4.55. The largest absolute Gasteiger partial charge is 0.368 e. The molecule has 0 spiro atoms. The van der Waals surface area contributed by atoms with Gasteiger partial charge in [0.15, 0.2) is 0 Å². The van der Waals surface area contributed by atoms with Crippen LogP contribution >= 0.6 is 0 Å². The third-order valence-electron chi connectivity index (χ3n) is 6.09. The van der Waals surface area contributed by atoms with Gasteiger partial charge < -0.3 is 14.5 Å². The second-order valence-electron chi connectivity index (χ2n) is 8.08. The molecule has 29 heavy (non-hydrogen) atoms. The molecule has 1 aliphatic carbocycles. The first kappa shape index (κ1) is 18.4.